The van der Waals surface area contributed by atoms with Crippen molar-refractivity contribution in [3.63, 3.8) is 0 Å². The largest absolute Gasteiger partial charge is 0.493 e. The van der Waals surface area contributed by atoms with Crippen molar-refractivity contribution in [2.75, 3.05) is 18.5 Å². The molecule has 0 aliphatic rings. The molecular formula is C18H22N2O2. The van der Waals surface area contributed by atoms with Gasteiger partial charge in [0.05, 0.1) is 13.0 Å². The number of nitrogens with one attached hydrogen (secondary N) is 2. The van der Waals surface area contributed by atoms with Crippen molar-refractivity contribution >= 4 is 11.6 Å². The van der Waals surface area contributed by atoms with Crippen LogP contribution in [-0.4, -0.2) is 19.1 Å². The number of hydrogen-bond acceptors (Lipinski definition) is 3. The summed E-state index contributed by atoms with van der Waals surface area (Å²) >= 11 is 0. The monoisotopic (exact) mass is 298 g/mol. The quantitative estimate of drug-likeness (QED) is 0.787. The van der Waals surface area contributed by atoms with Crippen LogP contribution in [-0.2, 0) is 11.3 Å². The summed E-state index contributed by atoms with van der Waals surface area (Å²) in [5.74, 6) is 0.736. The van der Waals surface area contributed by atoms with Crippen LogP contribution in [0.15, 0.2) is 54.6 Å². The first kappa shape index (κ1) is 16.0. The first-order valence-electron chi connectivity index (χ1n) is 7.55. The summed E-state index contributed by atoms with van der Waals surface area (Å²) in [5.41, 5.74) is 1.97. The van der Waals surface area contributed by atoms with Crippen molar-refractivity contribution in [1.29, 1.82) is 0 Å². The Balaban J connectivity index is 1.77. The molecule has 0 aliphatic carbocycles. The van der Waals surface area contributed by atoms with Gasteiger partial charge in [-0.25, -0.2) is 0 Å². The molecule has 1 amide bonds. The Labute approximate surface area is 131 Å². The normalized spacial score (nSPS) is 10.2. The highest BCUT2D eigenvalue weighted by molar-refractivity contribution is 5.90. The maximum atomic E-state index is 11.9. The van der Waals surface area contributed by atoms with E-state index in [-0.39, 0.29) is 5.91 Å². The van der Waals surface area contributed by atoms with E-state index in [0.717, 1.165) is 30.1 Å². The Hall–Kier alpha value is -2.33. The van der Waals surface area contributed by atoms with E-state index in [9.17, 15) is 4.79 Å². The number of benzene rings is 2. The van der Waals surface area contributed by atoms with Crippen LogP contribution in [0.4, 0.5) is 5.69 Å². The summed E-state index contributed by atoms with van der Waals surface area (Å²) < 4.78 is 5.52. The Morgan fingerprint density at radius 2 is 1.91 bits per heavy atom. The van der Waals surface area contributed by atoms with E-state index in [1.54, 1.807) is 0 Å². The highest BCUT2D eigenvalue weighted by Crippen LogP contribution is 2.12. The fraction of sp³-hybridized carbons (Fsp3) is 0.278. The van der Waals surface area contributed by atoms with Gasteiger partial charge in [-0.2, -0.15) is 0 Å². The molecular weight excluding hydrogens is 276 g/mol. The standard InChI is InChI=1S/C18H22N2O2/c1-2-19-14-15-7-6-8-16(13-15)20-18(21)11-12-22-17-9-4-3-5-10-17/h3-10,13,19H,2,11-12,14H2,1H3,(H,20,21). The van der Waals surface area contributed by atoms with Gasteiger partial charge in [0.15, 0.2) is 0 Å². The smallest absolute Gasteiger partial charge is 0.227 e. The minimum absolute atomic E-state index is 0.0449. The number of carbonyl (C=O) groups excluding carboxylic acids is 1. The molecule has 0 spiro atoms. The van der Waals surface area contributed by atoms with Crippen molar-refractivity contribution in [1.82, 2.24) is 5.32 Å². The third kappa shape index (κ3) is 5.58. The molecule has 0 unspecified atom stereocenters. The Morgan fingerprint density at radius 3 is 2.68 bits per heavy atom. The van der Waals surface area contributed by atoms with Gasteiger partial charge in [0.25, 0.3) is 0 Å². The van der Waals surface area contributed by atoms with Crippen molar-refractivity contribution < 1.29 is 9.53 Å². The summed E-state index contributed by atoms with van der Waals surface area (Å²) in [6.45, 7) is 4.16. The molecule has 2 aromatic carbocycles. The van der Waals surface area contributed by atoms with Gasteiger partial charge < -0.3 is 15.4 Å². The second kappa shape index (κ2) is 8.85. The van der Waals surface area contributed by atoms with Gasteiger partial charge in [0.2, 0.25) is 5.91 Å². The minimum atomic E-state index is -0.0449. The van der Waals surface area contributed by atoms with Gasteiger partial charge in [-0.15, -0.1) is 0 Å². The first-order chi connectivity index (χ1) is 10.8. The molecule has 0 bridgehead atoms. The molecule has 22 heavy (non-hydrogen) atoms. The highest BCUT2D eigenvalue weighted by Gasteiger charge is 2.03. The Kier molecular flexibility index (Phi) is 6.45. The third-order valence-corrected chi connectivity index (χ3v) is 3.13. The maximum absolute atomic E-state index is 11.9. The number of ether oxygens (including phenoxy) is 1. The summed E-state index contributed by atoms with van der Waals surface area (Å²) in [5, 5.41) is 6.16. The van der Waals surface area contributed by atoms with Crippen LogP contribution in [0.3, 0.4) is 0 Å². The molecule has 0 aliphatic heterocycles. The predicted octanol–water partition coefficient (Wildman–Crippen LogP) is 3.20. The van der Waals surface area contributed by atoms with E-state index in [4.69, 9.17) is 4.74 Å². The van der Waals surface area contributed by atoms with E-state index in [1.807, 2.05) is 54.6 Å². The van der Waals surface area contributed by atoms with Crippen LogP contribution < -0.4 is 15.4 Å². The van der Waals surface area contributed by atoms with Crippen LogP contribution in [0.5, 0.6) is 5.75 Å². The highest BCUT2D eigenvalue weighted by atomic mass is 16.5. The lowest BCUT2D eigenvalue weighted by Crippen LogP contribution is -2.16. The zero-order chi connectivity index (χ0) is 15.6. The van der Waals surface area contributed by atoms with Crippen LogP contribution in [0.2, 0.25) is 0 Å². The molecule has 0 radical (unpaired) electrons. The van der Waals surface area contributed by atoms with Crippen molar-refractivity contribution in [2.45, 2.75) is 19.9 Å². The number of anilines is 1. The van der Waals surface area contributed by atoms with Crippen LogP contribution >= 0.6 is 0 Å². The number of hydrogen-bond donors (Lipinski definition) is 2. The van der Waals surface area contributed by atoms with Gasteiger partial charge in [-0.3, -0.25) is 4.79 Å². The van der Waals surface area contributed by atoms with Gasteiger partial charge in [-0.1, -0.05) is 37.3 Å². The molecule has 4 nitrogen and oxygen atoms in total. The molecule has 0 aromatic heterocycles. The fourth-order valence-corrected chi connectivity index (χ4v) is 2.03. The van der Waals surface area contributed by atoms with E-state index in [0.29, 0.717) is 13.0 Å². The average molecular weight is 298 g/mol. The van der Waals surface area contributed by atoms with E-state index in [2.05, 4.69) is 17.6 Å². The van der Waals surface area contributed by atoms with E-state index >= 15 is 0 Å². The number of amides is 1. The molecule has 0 atom stereocenters. The number of para-hydroxylation sites is 1. The lowest BCUT2D eigenvalue weighted by Gasteiger charge is -2.09. The maximum Gasteiger partial charge on any atom is 0.227 e. The zero-order valence-electron chi connectivity index (χ0n) is 12.8. The molecule has 0 fully saturated rings. The molecule has 2 aromatic rings. The van der Waals surface area contributed by atoms with Gasteiger partial charge in [0.1, 0.15) is 5.75 Å². The summed E-state index contributed by atoms with van der Waals surface area (Å²) in [6.07, 6.45) is 0.326. The van der Waals surface area contributed by atoms with E-state index < -0.39 is 0 Å². The Bertz CT molecular complexity index is 585. The zero-order valence-corrected chi connectivity index (χ0v) is 12.8. The SMILES string of the molecule is CCNCc1cccc(NC(=O)CCOc2ccccc2)c1. The molecule has 0 saturated carbocycles. The third-order valence-electron chi connectivity index (χ3n) is 3.13. The number of rotatable bonds is 8. The number of carbonyl (C=O) groups is 1. The first-order valence-corrected chi connectivity index (χ1v) is 7.55. The van der Waals surface area contributed by atoms with Gasteiger partial charge >= 0.3 is 0 Å². The topological polar surface area (TPSA) is 50.4 Å². The van der Waals surface area contributed by atoms with Crippen molar-refractivity contribution in [2.24, 2.45) is 0 Å². The lowest BCUT2D eigenvalue weighted by atomic mass is 10.2. The Morgan fingerprint density at radius 1 is 1.09 bits per heavy atom. The average Bonchev–Trinajstić information content (AvgIpc) is 2.54. The van der Waals surface area contributed by atoms with Crippen LogP contribution in [0, 0.1) is 0 Å². The molecule has 0 heterocycles. The molecule has 4 heteroatoms. The van der Waals surface area contributed by atoms with Crippen LogP contribution in [0.1, 0.15) is 18.9 Å². The van der Waals surface area contributed by atoms with Crippen LogP contribution in [0.25, 0.3) is 0 Å². The van der Waals surface area contributed by atoms with Gasteiger partial charge in [0, 0.05) is 12.2 Å². The van der Waals surface area contributed by atoms with Gasteiger partial charge in [-0.05, 0) is 36.4 Å². The second-order valence-electron chi connectivity index (χ2n) is 4.94. The van der Waals surface area contributed by atoms with E-state index in [1.165, 1.54) is 0 Å². The molecule has 2 rings (SSSR count). The second-order valence-corrected chi connectivity index (χ2v) is 4.94. The fourth-order valence-electron chi connectivity index (χ4n) is 2.03. The summed E-state index contributed by atoms with van der Waals surface area (Å²) in [7, 11) is 0. The molecule has 0 saturated heterocycles. The predicted molar refractivity (Wildman–Crippen MR) is 89.0 cm³/mol. The van der Waals surface area contributed by atoms with Crippen molar-refractivity contribution in [3.8, 4) is 5.75 Å². The lowest BCUT2D eigenvalue weighted by molar-refractivity contribution is -0.116. The van der Waals surface area contributed by atoms with Crippen molar-refractivity contribution in [3.05, 3.63) is 60.2 Å². The minimum Gasteiger partial charge on any atom is -0.493 e. The molecule has 116 valence electrons. The molecule has 2 N–H and O–H groups in total. The summed E-state index contributed by atoms with van der Waals surface area (Å²) in [6, 6.07) is 17.4. The summed E-state index contributed by atoms with van der Waals surface area (Å²) in [4.78, 5) is 11.9.